The van der Waals surface area contributed by atoms with E-state index in [1.54, 1.807) is 13.8 Å². The molecule has 0 radical (unpaired) electrons. The highest BCUT2D eigenvalue weighted by Gasteiger charge is 2.30. The highest BCUT2D eigenvalue weighted by molar-refractivity contribution is 7.89. The summed E-state index contributed by atoms with van der Waals surface area (Å²) in [5, 5.41) is 8.40. The highest BCUT2D eigenvalue weighted by Crippen LogP contribution is 2.16. The lowest BCUT2D eigenvalue weighted by atomic mass is 10.1. The fraction of sp³-hybridized carbons (Fsp3) is 0.455. The minimum Gasteiger partial charge on any atom is -0.480 e. The van der Waals surface area contributed by atoms with E-state index in [2.05, 4.69) is 4.74 Å². The van der Waals surface area contributed by atoms with Crippen molar-refractivity contribution in [3.63, 3.8) is 0 Å². The third kappa shape index (κ3) is 3.58. The molecule has 0 aliphatic carbocycles. The molecule has 1 aromatic rings. The molecule has 8 nitrogen and oxygen atoms in total. The second-order valence-corrected chi connectivity index (χ2v) is 5.97. The van der Waals surface area contributed by atoms with Crippen molar-refractivity contribution in [2.45, 2.75) is 25.0 Å². The first-order valence-corrected chi connectivity index (χ1v) is 7.09. The number of furan rings is 1. The summed E-state index contributed by atoms with van der Waals surface area (Å²) in [6, 6.07) is -0.334. The molecule has 0 saturated carbocycles. The van der Waals surface area contributed by atoms with Crippen LogP contribution in [0.1, 0.15) is 24.2 Å². The van der Waals surface area contributed by atoms with Crippen LogP contribution in [0.15, 0.2) is 21.8 Å². The number of carboxylic acids is 1. The van der Waals surface area contributed by atoms with Crippen molar-refractivity contribution in [1.82, 2.24) is 4.72 Å². The zero-order valence-corrected chi connectivity index (χ0v) is 11.9. The molecule has 0 saturated heterocycles. The summed E-state index contributed by atoms with van der Waals surface area (Å²) in [7, 11) is -3.04. The Bertz CT molecular complexity index is 602. The van der Waals surface area contributed by atoms with Crippen LogP contribution in [0.5, 0.6) is 0 Å². The summed E-state index contributed by atoms with van der Waals surface area (Å²) >= 11 is 0. The molecule has 0 aliphatic rings. The Morgan fingerprint density at radius 2 is 2.00 bits per heavy atom. The molecule has 112 valence electrons. The number of carbonyl (C=O) groups excluding carboxylic acids is 1. The molecule has 1 aromatic heterocycles. The molecule has 1 rings (SSSR count). The Kier molecular flexibility index (Phi) is 4.90. The van der Waals surface area contributed by atoms with Crippen molar-refractivity contribution in [3.05, 3.63) is 17.9 Å². The lowest BCUT2D eigenvalue weighted by Crippen LogP contribution is -2.44. The van der Waals surface area contributed by atoms with E-state index in [1.165, 1.54) is 0 Å². The van der Waals surface area contributed by atoms with Gasteiger partial charge in [-0.1, -0.05) is 13.8 Å². The van der Waals surface area contributed by atoms with Gasteiger partial charge in [-0.05, 0) is 5.92 Å². The largest absolute Gasteiger partial charge is 0.480 e. The average molecular weight is 305 g/mol. The lowest BCUT2D eigenvalue weighted by Gasteiger charge is -2.16. The van der Waals surface area contributed by atoms with Crippen LogP contribution < -0.4 is 4.72 Å². The quantitative estimate of drug-likeness (QED) is 0.731. The molecule has 1 atom stereocenters. The zero-order chi connectivity index (χ0) is 15.5. The van der Waals surface area contributed by atoms with E-state index < -0.39 is 39.0 Å². The number of hydrogen-bond donors (Lipinski definition) is 2. The van der Waals surface area contributed by atoms with Crippen molar-refractivity contribution in [1.29, 1.82) is 0 Å². The van der Waals surface area contributed by atoms with E-state index in [9.17, 15) is 18.0 Å². The molecular weight excluding hydrogens is 290 g/mol. The Balaban J connectivity index is 3.02. The Morgan fingerprint density at radius 1 is 1.40 bits per heavy atom. The molecule has 0 amide bonds. The first-order chi connectivity index (χ1) is 9.19. The number of sulfonamides is 1. The number of hydrogen-bond acceptors (Lipinski definition) is 6. The Labute approximate surface area is 115 Å². The van der Waals surface area contributed by atoms with Crippen LogP contribution in [0, 0.1) is 5.92 Å². The third-order valence-corrected chi connectivity index (χ3v) is 3.78. The fourth-order valence-electron chi connectivity index (χ4n) is 1.38. The van der Waals surface area contributed by atoms with Gasteiger partial charge in [-0.15, -0.1) is 0 Å². The van der Waals surface area contributed by atoms with Crippen molar-refractivity contribution in [3.8, 4) is 0 Å². The molecule has 0 aliphatic heterocycles. The molecule has 2 N–H and O–H groups in total. The first kappa shape index (κ1) is 16.2. The molecular formula is C11H15NO7S. The Hall–Kier alpha value is -1.87. The third-order valence-electron chi connectivity index (χ3n) is 2.48. The number of ether oxygens (including phenoxy) is 1. The van der Waals surface area contributed by atoms with Crippen LogP contribution >= 0.6 is 0 Å². The number of esters is 1. The van der Waals surface area contributed by atoms with Gasteiger partial charge in [0.2, 0.25) is 5.09 Å². The van der Waals surface area contributed by atoms with Gasteiger partial charge in [-0.2, -0.15) is 4.72 Å². The topological polar surface area (TPSA) is 123 Å². The maximum Gasteiger partial charge on any atom is 0.341 e. The number of methoxy groups -OCH3 is 1. The summed E-state index contributed by atoms with van der Waals surface area (Å²) < 4.78 is 35.1. The lowest BCUT2D eigenvalue weighted by molar-refractivity contribution is -0.140. The molecule has 9 heteroatoms. The minimum absolute atomic E-state index is 0.0794. The maximum absolute atomic E-state index is 12.0. The number of carbonyl (C=O) groups is 2. The van der Waals surface area contributed by atoms with Crippen LogP contribution in [0.4, 0.5) is 0 Å². The predicted octanol–water partition coefficient (Wildman–Crippen LogP) is 0.454. The predicted molar refractivity (Wildman–Crippen MR) is 66.6 cm³/mol. The van der Waals surface area contributed by atoms with Gasteiger partial charge in [-0.3, -0.25) is 4.79 Å². The van der Waals surface area contributed by atoms with E-state index in [1.807, 2.05) is 4.72 Å². The standard InChI is InChI=1S/C11H15NO7S/c1-6(2)9(10(13)14)12-20(16,17)8-4-7(5-19-8)11(15)18-3/h4-6,9,12H,1-3H3,(H,13,14)/t9-/m0/s1. The number of rotatable bonds is 6. The molecule has 0 spiro atoms. The second-order valence-electron chi connectivity index (χ2n) is 4.33. The van der Waals surface area contributed by atoms with Gasteiger partial charge in [-0.25, -0.2) is 13.2 Å². The molecule has 20 heavy (non-hydrogen) atoms. The van der Waals surface area contributed by atoms with Gasteiger partial charge < -0.3 is 14.3 Å². The van der Waals surface area contributed by atoms with E-state index in [4.69, 9.17) is 9.52 Å². The summed E-state index contributed by atoms with van der Waals surface area (Å²) in [6.45, 7) is 3.12. The number of aliphatic carboxylic acids is 1. The van der Waals surface area contributed by atoms with E-state index >= 15 is 0 Å². The van der Waals surface area contributed by atoms with Gasteiger partial charge in [0.1, 0.15) is 12.3 Å². The summed E-state index contributed by atoms with van der Waals surface area (Å²) in [5.41, 5.74) is -0.0794. The molecule has 1 heterocycles. The van der Waals surface area contributed by atoms with Gasteiger partial charge >= 0.3 is 11.9 Å². The molecule has 0 aromatic carbocycles. The SMILES string of the molecule is COC(=O)c1coc(S(=O)(=O)N[C@H](C(=O)O)C(C)C)c1. The van der Waals surface area contributed by atoms with Crippen molar-refractivity contribution < 1.29 is 32.3 Å². The van der Waals surface area contributed by atoms with Gasteiger partial charge in [0.05, 0.1) is 12.7 Å². The summed E-state index contributed by atoms with van der Waals surface area (Å²) in [4.78, 5) is 22.2. The fourth-order valence-corrected chi connectivity index (χ4v) is 2.66. The van der Waals surface area contributed by atoms with Gasteiger partial charge in [0.15, 0.2) is 0 Å². The normalized spacial score (nSPS) is 13.2. The Morgan fingerprint density at radius 3 is 2.45 bits per heavy atom. The van der Waals surface area contributed by atoms with Gasteiger partial charge in [0.25, 0.3) is 10.0 Å². The van der Waals surface area contributed by atoms with E-state index in [0.717, 1.165) is 19.4 Å². The van der Waals surface area contributed by atoms with Crippen molar-refractivity contribution in [2.24, 2.45) is 5.92 Å². The van der Waals surface area contributed by atoms with Crippen molar-refractivity contribution in [2.75, 3.05) is 7.11 Å². The number of nitrogens with one attached hydrogen (secondary N) is 1. The summed E-state index contributed by atoms with van der Waals surface area (Å²) in [5.74, 6) is -2.52. The first-order valence-electron chi connectivity index (χ1n) is 5.61. The maximum atomic E-state index is 12.0. The van der Waals surface area contributed by atoms with Crippen LogP contribution in [0.2, 0.25) is 0 Å². The van der Waals surface area contributed by atoms with Crippen LogP contribution in [0.25, 0.3) is 0 Å². The smallest absolute Gasteiger partial charge is 0.341 e. The van der Waals surface area contributed by atoms with E-state index in [-0.39, 0.29) is 5.56 Å². The van der Waals surface area contributed by atoms with Crippen LogP contribution in [-0.2, 0) is 19.6 Å². The highest BCUT2D eigenvalue weighted by atomic mass is 32.2. The number of carboxylic acid groups (broad SMARTS) is 1. The molecule has 0 unspecified atom stereocenters. The second kappa shape index (κ2) is 6.06. The van der Waals surface area contributed by atoms with Crippen LogP contribution in [-0.4, -0.2) is 38.6 Å². The zero-order valence-electron chi connectivity index (χ0n) is 11.1. The van der Waals surface area contributed by atoms with Crippen LogP contribution in [0.3, 0.4) is 0 Å². The van der Waals surface area contributed by atoms with Gasteiger partial charge in [0, 0.05) is 6.07 Å². The average Bonchev–Trinajstić information content (AvgIpc) is 2.84. The minimum atomic E-state index is -4.18. The monoisotopic (exact) mass is 305 g/mol. The van der Waals surface area contributed by atoms with E-state index in [0.29, 0.717) is 0 Å². The molecule has 0 fully saturated rings. The molecule has 0 bridgehead atoms. The van der Waals surface area contributed by atoms with Crippen molar-refractivity contribution >= 4 is 22.0 Å². The summed E-state index contributed by atoms with van der Waals surface area (Å²) in [6.07, 6.45) is 0.922.